The van der Waals surface area contributed by atoms with Crippen molar-refractivity contribution in [2.45, 2.75) is 13.8 Å². The van der Waals surface area contributed by atoms with Gasteiger partial charge in [-0.05, 0) is 49.9 Å². The molecule has 0 atom stereocenters. The SMILES string of the molecule is CCOc1ccc(C(=O)Nc2ccc(N3CCN(CC)CC3)cc2)cc1[N+](=O)[O-]. The van der Waals surface area contributed by atoms with Crippen molar-refractivity contribution in [1.82, 2.24) is 4.90 Å². The van der Waals surface area contributed by atoms with Crippen molar-refractivity contribution in [3.8, 4) is 5.75 Å². The summed E-state index contributed by atoms with van der Waals surface area (Å²) in [7, 11) is 0. The summed E-state index contributed by atoms with van der Waals surface area (Å²) in [5, 5.41) is 14.0. The third kappa shape index (κ3) is 5.03. The van der Waals surface area contributed by atoms with Crippen molar-refractivity contribution in [2.75, 3.05) is 49.5 Å². The van der Waals surface area contributed by atoms with Gasteiger partial charge in [-0.3, -0.25) is 14.9 Å². The first-order valence-electron chi connectivity index (χ1n) is 9.81. The lowest BCUT2D eigenvalue weighted by Gasteiger charge is -2.35. The molecule has 3 rings (SSSR count). The number of nitrogens with zero attached hydrogens (tertiary/aromatic N) is 3. The Hall–Kier alpha value is -3.13. The van der Waals surface area contributed by atoms with Gasteiger partial charge in [0, 0.05) is 49.2 Å². The normalized spacial score (nSPS) is 14.5. The number of nitrogens with one attached hydrogen (secondary N) is 1. The predicted molar refractivity (Wildman–Crippen MR) is 113 cm³/mol. The number of anilines is 2. The van der Waals surface area contributed by atoms with Gasteiger partial charge in [-0.25, -0.2) is 0 Å². The van der Waals surface area contributed by atoms with Crippen LogP contribution in [0.3, 0.4) is 0 Å². The van der Waals surface area contributed by atoms with Crippen molar-refractivity contribution in [2.24, 2.45) is 0 Å². The average molecular weight is 398 g/mol. The van der Waals surface area contributed by atoms with Crippen molar-refractivity contribution in [3.05, 3.63) is 58.1 Å². The van der Waals surface area contributed by atoms with E-state index in [2.05, 4.69) is 22.0 Å². The van der Waals surface area contributed by atoms with E-state index >= 15 is 0 Å². The van der Waals surface area contributed by atoms with Gasteiger partial charge in [0.2, 0.25) is 0 Å². The third-order valence-electron chi connectivity index (χ3n) is 5.03. The maximum atomic E-state index is 12.5. The highest BCUT2D eigenvalue weighted by Crippen LogP contribution is 2.28. The highest BCUT2D eigenvalue weighted by atomic mass is 16.6. The zero-order chi connectivity index (χ0) is 20.8. The molecule has 1 amide bonds. The van der Waals surface area contributed by atoms with Crippen LogP contribution in [0, 0.1) is 10.1 Å². The van der Waals surface area contributed by atoms with Crippen molar-refractivity contribution >= 4 is 23.0 Å². The molecule has 0 aromatic heterocycles. The number of rotatable bonds is 7. The maximum absolute atomic E-state index is 12.5. The number of benzene rings is 2. The Morgan fingerprint density at radius 1 is 1.10 bits per heavy atom. The molecule has 0 radical (unpaired) electrons. The molecule has 0 spiro atoms. The van der Waals surface area contributed by atoms with Crippen molar-refractivity contribution in [1.29, 1.82) is 0 Å². The molecule has 1 saturated heterocycles. The summed E-state index contributed by atoms with van der Waals surface area (Å²) < 4.78 is 5.25. The first-order chi connectivity index (χ1) is 14.0. The Bertz CT molecular complexity index is 861. The number of likely N-dealkylation sites (N-methyl/N-ethyl adjacent to an activating group) is 1. The van der Waals surface area contributed by atoms with Crippen LogP contribution >= 0.6 is 0 Å². The topological polar surface area (TPSA) is 88.0 Å². The van der Waals surface area contributed by atoms with Gasteiger partial charge in [0.05, 0.1) is 11.5 Å². The molecule has 0 saturated carbocycles. The van der Waals surface area contributed by atoms with Crippen LogP contribution in [0.25, 0.3) is 0 Å². The average Bonchev–Trinajstić information content (AvgIpc) is 2.74. The number of nitro groups is 1. The van der Waals surface area contributed by atoms with E-state index in [4.69, 9.17) is 4.74 Å². The first kappa shape index (κ1) is 20.6. The number of carbonyl (C=O) groups is 1. The molecule has 1 heterocycles. The molecule has 1 aliphatic rings. The van der Waals surface area contributed by atoms with Gasteiger partial charge in [0.1, 0.15) is 0 Å². The quantitative estimate of drug-likeness (QED) is 0.568. The van der Waals surface area contributed by atoms with E-state index in [9.17, 15) is 14.9 Å². The lowest BCUT2D eigenvalue weighted by Crippen LogP contribution is -2.46. The largest absolute Gasteiger partial charge is 0.487 e. The highest BCUT2D eigenvalue weighted by molar-refractivity contribution is 6.04. The predicted octanol–water partition coefficient (Wildman–Crippen LogP) is 3.39. The number of nitro benzene ring substituents is 1. The molecule has 1 aliphatic heterocycles. The van der Waals surface area contributed by atoms with E-state index in [1.165, 1.54) is 18.2 Å². The summed E-state index contributed by atoms with van der Waals surface area (Å²) in [6, 6.07) is 11.9. The molecular formula is C21H26N4O4. The standard InChI is InChI=1S/C21H26N4O4/c1-3-23-11-13-24(14-12-23)18-8-6-17(7-9-18)22-21(26)16-5-10-20(29-4-2)19(15-16)25(27)28/h5-10,15H,3-4,11-14H2,1-2H3,(H,22,26). The molecule has 1 fully saturated rings. The smallest absolute Gasteiger partial charge is 0.311 e. The monoisotopic (exact) mass is 398 g/mol. The number of ether oxygens (including phenoxy) is 1. The number of amides is 1. The van der Waals surface area contributed by atoms with E-state index in [1.54, 1.807) is 6.92 Å². The third-order valence-corrected chi connectivity index (χ3v) is 5.03. The maximum Gasteiger partial charge on any atom is 0.311 e. The van der Waals surface area contributed by atoms with Gasteiger partial charge >= 0.3 is 5.69 Å². The van der Waals surface area contributed by atoms with E-state index in [1.807, 2.05) is 24.3 Å². The molecule has 1 N–H and O–H groups in total. The number of hydrogen-bond acceptors (Lipinski definition) is 6. The molecule has 2 aromatic rings. The van der Waals surface area contributed by atoms with Crippen LogP contribution in [0.2, 0.25) is 0 Å². The van der Waals surface area contributed by atoms with Gasteiger partial charge in [-0.2, -0.15) is 0 Å². The van der Waals surface area contributed by atoms with Gasteiger partial charge in [-0.1, -0.05) is 6.92 Å². The molecule has 154 valence electrons. The lowest BCUT2D eigenvalue weighted by molar-refractivity contribution is -0.385. The minimum absolute atomic E-state index is 0.154. The summed E-state index contributed by atoms with van der Waals surface area (Å²) in [4.78, 5) is 28.0. The molecule has 0 bridgehead atoms. The Morgan fingerprint density at radius 2 is 1.79 bits per heavy atom. The zero-order valence-electron chi connectivity index (χ0n) is 16.8. The molecule has 8 nitrogen and oxygen atoms in total. The fourth-order valence-electron chi connectivity index (χ4n) is 3.36. The van der Waals surface area contributed by atoms with Crippen LogP contribution in [-0.2, 0) is 0 Å². The summed E-state index contributed by atoms with van der Waals surface area (Å²) in [5.74, 6) is -0.248. The Morgan fingerprint density at radius 3 is 2.38 bits per heavy atom. The van der Waals surface area contributed by atoms with Gasteiger partial charge in [0.15, 0.2) is 5.75 Å². The van der Waals surface area contributed by atoms with Crippen LogP contribution in [0.1, 0.15) is 24.2 Å². The minimum Gasteiger partial charge on any atom is -0.487 e. The van der Waals surface area contributed by atoms with Crippen LogP contribution in [0.4, 0.5) is 17.1 Å². The molecule has 0 unspecified atom stereocenters. The highest BCUT2D eigenvalue weighted by Gasteiger charge is 2.19. The second-order valence-corrected chi connectivity index (χ2v) is 6.79. The first-order valence-corrected chi connectivity index (χ1v) is 9.81. The Labute approximate surface area is 170 Å². The molecule has 2 aromatic carbocycles. The molecule has 29 heavy (non-hydrogen) atoms. The number of carbonyl (C=O) groups excluding carboxylic acids is 1. The second-order valence-electron chi connectivity index (χ2n) is 6.79. The fraction of sp³-hybridized carbons (Fsp3) is 0.381. The van der Waals surface area contributed by atoms with Crippen molar-refractivity contribution < 1.29 is 14.5 Å². The summed E-state index contributed by atoms with van der Waals surface area (Å²) in [6.07, 6.45) is 0. The molecule has 8 heteroatoms. The minimum atomic E-state index is -0.547. The summed E-state index contributed by atoms with van der Waals surface area (Å²) in [6.45, 7) is 9.36. The number of hydrogen-bond donors (Lipinski definition) is 1. The summed E-state index contributed by atoms with van der Waals surface area (Å²) >= 11 is 0. The Balaban J connectivity index is 1.66. The van der Waals surface area contributed by atoms with Gasteiger partial charge in [-0.15, -0.1) is 0 Å². The lowest BCUT2D eigenvalue weighted by atomic mass is 10.1. The van der Waals surface area contributed by atoms with Crippen LogP contribution in [0.15, 0.2) is 42.5 Å². The van der Waals surface area contributed by atoms with E-state index in [0.29, 0.717) is 12.3 Å². The molecular weight excluding hydrogens is 372 g/mol. The molecule has 0 aliphatic carbocycles. The van der Waals surface area contributed by atoms with Crippen LogP contribution in [0.5, 0.6) is 5.75 Å². The van der Waals surface area contributed by atoms with E-state index < -0.39 is 10.8 Å². The van der Waals surface area contributed by atoms with Gasteiger partial charge in [0.25, 0.3) is 5.91 Å². The second kappa shape index (κ2) is 9.38. The number of piperazine rings is 1. The zero-order valence-corrected chi connectivity index (χ0v) is 16.8. The van der Waals surface area contributed by atoms with E-state index in [-0.39, 0.29) is 17.0 Å². The van der Waals surface area contributed by atoms with Crippen molar-refractivity contribution in [3.63, 3.8) is 0 Å². The van der Waals surface area contributed by atoms with Gasteiger partial charge < -0.3 is 19.9 Å². The summed E-state index contributed by atoms with van der Waals surface area (Å²) in [5.41, 5.74) is 1.75. The fourth-order valence-corrected chi connectivity index (χ4v) is 3.36. The Kier molecular flexibility index (Phi) is 6.66. The van der Waals surface area contributed by atoms with E-state index in [0.717, 1.165) is 38.4 Å². The van der Waals surface area contributed by atoms with Crippen LogP contribution < -0.4 is 15.0 Å². The van der Waals surface area contributed by atoms with Crippen LogP contribution in [-0.4, -0.2) is 55.1 Å².